The highest BCUT2D eigenvalue weighted by molar-refractivity contribution is 14.1. The van der Waals surface area contributed by atoms with Gasteiger partial charge < -0.3 is 23.7 Å². The molecule has 2 rings (SSSR count). The van der Waals surface area contributed by atoms with Crippen molar-refractivity contribution in [3.63, 3.8) is 0 Å². The van der Waals surface area contributed by atoms with Gasteiger partial charge in [-0.2, -0.15) is 0 Å². The second kappa shape index (κ2) is 11.5. The van der Waals surface area contributed by atoms with Crippen LogP contribution >= 0.6 is 22.6 Å². The molecule has 4 atom stereocenters. The first-order chi connectivity index (χ1) is 17.2. The summed E-state index contributed by atoms with van der Waals surface area (Å²) in [4.78, 5) is 16.4. The minimum absolute atomic E-state index is 0.0000146. The summed E-state index contributed by atoms with van der Waals surface area (Å²) >= 11 is 2.12. The molecule has 1 aromatic heterocycles. The van der Waals surface area contributed by atoms with Gasteiger partial charge in [-0.25, -0.2) is 4.98 Å². The number of halogens is 1. The Morgan fingerprint density at radius 1 is 0.897 bits per heavy atom. The Hall–Kier alpha value is -0.0994. The van der Waals surface area contributed by atoms with Crippen molar-refractivity contribution in [3.05, 3.63) is 15.7 Å². The number of carbonyl (C=O) groups excluding carboxylic acids is 1. The third kappa shape index (κ3) is 7.65. The SMILES string of the molecule is CC(C)(C)[Si](C)(C)OC[C@H]1O[C@@H](n2cnc(C(N)=O)c2I)[C@H](O[Si](C)(C)C(C)(C)C)[C@@H]1O[Si](C)(C)C(C)(C)C. The highest BCUT2D eigenvalue weighted by atomic mass is 127. The molecular formula is C27H54IN3O5Si3. The van der Waals surface area contributed by atoms with Gasteiger partial charge in [-0.1, -0.05) is 62.3 Å². The molecule has 1 aliphatic rings. The second-order valence-electron chi connectivity index (χ2n) is 15.5. The summed E-state index contributed by atoms with van der Waals surface area (Å²) in [5.74, 6) is -0.565. The molecule has 12 heteroatoms. The Kier molecular flexibility index (Phi) is 10.4. The van der Waals surface area contributed by atoms with Crippen LogP contribution in [-0.4, -0.2) is 65.3 Å². The average Bonchev–Trinajstić information content (AvgIpc) is 3.24. The number of amides is 1. The van der Waals surface area contributed by atoms with E-state index >= 15 is 0 Å². The molecular weight excluding hydrogens is 657 g/mol. The molecule has 0 bridgehead atoms. The van der Waals surface area contributed by atoms with Crippen LogP contribution in [0.3, 0.4) is 0 Å². The van der Waals surface area contributed by atoms with Gasteiger partial charge in [-0.15, -0.1) is 0 Å². The predicted molar refractivity (Wildman–Crippen MR) is 175 cm³/mol. The first-order valence-corrected chi connectivity index (χ1v) is 23.7. The van der Waals surface area contributed by atoms with Crippen LogP contribution in [-0.2, 0) is 18.0 Å². The van der Waals surface area contributed by atoms with Crippen LogP contribution < -0.4 is 5.73 Å². The van der Waals surface area contributed by atoms with Crippen LogP contribution in [0.4, 0.5) is 0 Å². The molecule has 2 N–H and O–H groups in total. The Labute approximate surface area is 254 Å². The third-order valence-corrected chi connectivity index (χ3v) is 23.9. The lowest BCUT2D eigenvalue weighted by molar-refractivity contribution is -0.0499. The lowest BCUT2D eigenvalue weighted by Crippen LogP contribution is -2.54. The Morgan fingerprint density at radius 3 is 1.72 bits per heavy atom. The van der Waals surface area contributed by atoms with Gasteiger partial charge in [0.15, 0.2) is 36.9 Å². The molecule has 0 saturated carbocycles. The van der Waals surface area contributed by atoms with Crippen LogP contribution in [0.5, 0.6) is 0 Å². The molecule has 0 aromatic carbocycles. The minimum Gasteiger partial charge on any atom is -0.414 e. The van der Waals surface area contributed by atoms with Crippen LogP contribution in [0.25, 0.3) is 0 Å². The number of nitrogens with two attached hydrogens (primary N) is 1. The smallest absolute Gasteiger partial charge is 0.270 e. The molecule has 0 spiro atoms. The molecule has 0 radical (unpaired) electrons. The van der Waals surface area contributed by atoms with Gasteiger partial charge in [-0.05, 0) is 77.0 Å². The molecule has 226 valence electrons. The highest BCUT2D eigenvalue weighted by Crippen LogP contribution is 2.46. The van der Waals surface area contributed by atoms with Crippen molar-refractivity contribution in [1.29, 1.82) is 0 Å². The third-order valence-electron chi connectivity index (χ3n) is 9.41. The Morgan fingerprint density at radius 2 is 1.33 bits per heavy atom. The fourth-order valence-corrected chi connectivity index (χ4v) is 7.99. The molecule has 8 nitrogen and oxygen atoms in total. The maximum atomic E-state index is 12.1. The van der Waals surface area contributed by atoms with E-state index < -0.39 is 43.2 Å². The van der Waals surface area contributed by atoms with Gasteiger partial charge in [0.25, 0.3) is 5.91 Å². The van der Waals surface area contributed by atoms with E-state index in [1.807, 2.05) is 4.57 Å². The monoisotopic (exact) mass is 711 g/mol. The number of imidazole rings is 1. The molecule has 1 saturated heterocycles. The number of aromatic nitrogens is 2. The molecule has 1 fully saturated rings. The Balaban J connectivity index is 2.66. The van der Waals surface area contributed by atoms with Crippen molar-refractivity contribution < 1.29 is 22.8 Å². The first kappa shape index (κ1) is 35.1. The summed E-state index contributed by atoms with van der Waals surface area (Å²) in [6.07, 6.45) is 0.00814. The topological polar surface area (TPSA) is 97.8 Å². The van der Waals surface area contributed by atoms with Gasteiger partial charge in [0, 0.05) is 0 Å². The van der Waals surface area contributed by atoms with E-state index in [9.17, 15) is 4.79 Å². The van der Waals surface area contributed by atoms with Crippen molar-refractivity contribution in [2.75, 3.05) is 6.61 Å². The van der Waals surface area contributed by atoms with Crippen LogP contribution in [0.15, 0.2) is 6.33 Å². The number of ether oxygens (including phenoxy) is 1. The zero-order valence-electron chi connectivity index (χ0n) is 27.0. The van der Waals surface area contributed by atoms with Crippen LogP contribution in [0, 0.1) is 3.70 Å². The van der Waals surface area contributed by atoms with Crippen molar-refractivity contribution in [2.24, 2.45) is 5.73 Å². The number of hydrogen-bond acceptors (Lipinski definition) is 6. The van der Waals surface area contributed by atoms with E-state index in [4.69, 9.17) is 23.7 Å². The molecule has 1 aliphatic heterocycles. The molecule has 0 unspecified atom stereocenters. The van der Waals surface area contributed by atoms with Crippen molar-refractivity contribution >= 4 is 53.5 Å². The predicted octanol–water partition coefficient (Wildman–Crippen LogP) is 7.29. The van der Waals surface area contributed by atoms with E-state index in [-0.39, 0.29) is 33.0 Å². The quantitative estimate of drug-likeness (QED) is 0.214. The number of hydrogen-bond donors (Lipinski definition) is 1. The lowest BCUT2D eigenvalue weighted by atomic mass is 10.1. The van der Waals surface area contributed by atoms with Crippen molar-refractivity contribution in [3.8, 4) is 0 Å². The molecule has 0 aliphatic carbocycles. The maximum absolute atomic E-state index is 12.1. The van der Waals surface area contributed by atoms with Crippen LogP contribution in [0.1, 0.15) is 79.0 Å². The maximum Gasteiger partial charge on any atom is 0.270 e. The van der Waals surface area contributed by atoms with E-state index in [1.54, 1.807) is 6.33 Å². The highest BCUT2D eigenvalue weighted by Gasteiger charge is 2.55. The summed E-state index contributed by atoms with van der Waals surface area (Å²) in [7, 11) is -6.55. The fraction of sp³-hybridized carbons (Fsp3) is 0.852. The largest absolute Gasteiger partial charge is 0.414 e. The Bertz CT molecular complexity index is 1030. The van der Waals surface area contributed by atoms with Gasteiger partial charge >= 0.3 is 0 Å². The van der Waals surface area contributed by atoms with E-state index in [0.717, 1.165) is 0 Å². The number of carbonyl (C=O) groups is 1. The summed E-state index contributed by atoms with van der Waals surface area (Å²) in [5, 5.41) is 0.0449. The number of rotatable bonds is 9. The molecule has 39 heavy (non-hydrogen) atoms. The zero-order valence-corrected chi connectivity index (χ0v) is 32.1. The minimum atomic E-state index is -2.26. The van der Waals surface area contributed by atoms with Gasteiger partial charge in [-0.3, -0.25) is 9.36 Å². The molecule has 2 heterocycles. The first-order valence-electron chi connectivity index (χ1n) is 13.9. The van der Waals surface area contributed by atoms with Crippen molar-refractivity contribution in [1.82, 2.24) is 9.55 Å². The van der Waals surface area contributed by atoms with E-state index in [2.05, 4.69) is 129 Å². The molecule has 1 amide bonds. The summed E-state index contributed by atoms with van der Waals surface area (Å²) < 4.78 is 30.4. The van der Waals surface area contributed by atoms with Crippen LogP contribution in [0.2, 0.25) is 54.4 Å². The van der Waals surface area contributed by atoms with Gasteiger partial charge in [0.1, 0.15) is 22.0 Å². The average molecular weight is 712 g/mol. The summed E-state index contributed by atoms with van der Waals surface area (Å²) in [6, 6.07) is 0. The van der Waals surface area contributed by atoms with Gasteiger partial charge in [0.2, 0.25) is 0 Å². The van der Waals surface area contributed by atoms with E-state index in [1.165, 1.54) is 0 Å². The summed E-state index contributed by atoms with van der Waals surface area (Å²) in [6.45, 7) is 34.1. The summed E-state index contributed by atoms with van der Waals surface area (Å²) in [5.41, 5.74) is 5.85. The normalized spacial score (nSPS) is 23.9. The lowest BCUT2D eigenvalue weighted by Gasteiger charge is -2.44. The standard InChI is InChI=1S/C27H54IN3O5Si3/c1-25(2,3)37(10,11)33-16-18-20(35-38(12,13)26(4,5)6)21(36-39(14,15)27(7,8)9)24(34-18)31-17-30-19(22(31)28)23(29)32/h17-18,20-21,24H,16H2,1-15H3,(H2,29,32)/t18-,20-,21-,24-/m1/s1. The van der Waals surface area contributed by atoms with Crippen molar-refractivity contribution in [2.45, 2.75) is 141 Å². The zero-order chi connectivity index (χ0) is 30.6. The number of primary amides is 1. The van der Waals surface area contributed by atoms with Gasteiger partial charge in [0.05, 0.1) is 12.9 Å². The fourth-order valence-electron chi connectivity index (χ4n) is 3.56. The molecule has 1 aromatic rings. The van der Waals surface area contributed by atoms with E-state index in [0.29, 0.717) is 10.3 Å². The second-order valence-corrected chi connectivity index (χ2v) is 30.8. The number of nitrogens with zero attached hydrogens (tertiary/aromatic N) is 2.